The second kappa shape index (κ2) is 9.87. The molecule has 0 heterocycles. The van der Waals surface area contributed by atoms with Crippen molar-refractivity contribution in [3.63, 3.8) is 0 Å². The maximum Gasteiger partial charge on any atom is 0.407 e. The van der Waals surface area contributed by atoms with Crippen LogP contribution in [0.2, 0.25) is 0 Å². The number of carboxylic acids is 1. The molecule has 0 aromatic heterocycles. The van der Waals surface area contributed by atoms with Crippen LogP contribution in [0.5, 0.6) is 0 Å². The summed E-state index contributed by atoms with van der Waals surface area (Å²) in [5.41, 5.74) is 3.24. The van der Waals surface area contributed by atoms with E-state index in [-0.39, 0.29) is 18.4 Å². The minimum absolute atomic E-state index is 0.0807. The van der Waals surface area contributed by atoms with Crippen molar-refractivity contribution < 1.29 is 24.2 Å². The quantitative estimate of drug-likeness (QED) is 0.535. The molecular formula is C27H32N2O5. The molecule has 34 heavy (non-hydrogen) atoms. The van der Waals surface area contributed by atoms with Crippen molar-refractivity contribution in [1.29, 1.82) is 0 Å². The van der Waals surface area contributed by atoms with Gasteiger partial charge < -0.3 is 20.5 Å². The van der Waals surface area contributed by atoms with Crippen LogP contribution in [0.3, 0.4) is 0 Å². The van der Waals surface area contributed by atoms with Crippen LogP contribution in [0.15, 0.2) is 48.5 Å². The number of carboxylic acid groups (broad SMARTS) is 1. The molecule has 2 aliphatic rings. The zero-order valence-electron chi connectivity index (χ0n) is 19.7. The fourth-order valence-electron chi connectivity index (χ4n) is 5.15. The fourth-order valence-corrected chi connectivity index (χ4v) is 5.15. The van der Waals surface area contributed by atoms with E-state index in [0.29, 0.717) is 19.3 Å². The third-order valence-electron chi connectivity index (χ3n) is 7.34. The Morgan fingerprint density at radius 3 is 2.12 bits per heavy atom. The molecule has 7 heteroatoms. The Bertz CT molecular complexity index is 1030. The highest BCUT2D eigenvalue weighted by Crippen LogP contribution is 2.44. The van der Waals surface area contributed by atoms with E-state index in [1.54, 1.807) is 0 Å². The Kier molecular flexibility index (Phi) is 6.91. The first-order chi connectivity index (χ1) is 16.4. The van der Waals surface area contributed by atoms with E-state index in [0.717, 1.165) is 35.1 Å². The second-order valence-corrected chi connectivity index (χ2v) is 9.42. The second-order valence-electron chi connectivity index (χ2n) is 9.42. The first kappa shape index (κ1) is 23.8. The van der Waals surface area contributed by atoms with Gasteiger partial charge in [0, 0.05) is 5.92 Å². The Morgan fingerprint density at radius 1 is 1.03 bits per heavy atom. The van der Waals surface area contributed by atoms with Crippen LogP contribution in [0.4, 0.5) is 4.79 Å². The highest BCUT2D eigenvalue weighted by atomic mass is 16.5. The highest BCUT2D eigenvalue weighted by molar-refractivity contribution is 5.91. The van der Waals surface area contributed by atoms with Crippen molar-refractivity contribution in [2.24, 2.45) is 5.92 Å². The molecule has 7 nitrogen and oxygen atoms in total. The number of fused-ring (bicyclic) bond motifs is 3. The molecule has 1 fully saturated rings. The molecule has 0 radical (unpaired) electrons. The monoisotopic (exact) mass is 464 g/mol. The van der Waals surface area contributed by atoms with Crippen LogP contribution in [0, 0.1) is 5.92 Å². The zero-order valence-corrected chi connectivity index (χ0v) is 19.7. The molecule has 2 aromatic rings. The van der Waals surface area contributed by atoms with E-state index >= 15 is 0 Å². The molecule has 1 saturated carbocycles. The molecule has 0 bridgehead atoms. The van der Waals surface area contributed by atoms with Gasteiger partial charge in [0.25, 0.3) is 0 Å². The van der Waals surface area contributed by atoms with Crippen molar-refractivity contribution in [2.75, 3.05) is 6.61 Å². The van der Waals surface area contributed by atoms with Gasteiger partial charge in [0.15, 0.2) is 0 Å². The number of hydrogen-bond donors (Lipinski definition) is 3. The van der Waals surface area contributed by atoms with E-state index in [2.05, 4.69) is 22.8 Å². The number of rotatable bonds is 8. The molecule has 4 rings (SSSR count). The number of ether oxygens (including phenoxy) is 1. The van der Waals surface area contributed by atoms with Gasteiger partial charge in [-0.05, 0) is 41.0 Å². The van der Waals surface area contributed by atoms with Crippen LogP contribution in [0.1, 0.15) is 63.0 Å². The lowest BCUT2D eigenvalue weighted by Crippen LogP contribution is -2.59. The van der Waals surface area contributed by atoms with Crippen molar-refractivity contribution in [3.05, 3.63) is 59.7 Å². The average molecular weight is 465 g/mol. The largest absolute Gasteiger partial charge is 0.480 e. The van der Waals surface area contributed by atoms with Gasteiger partial charge in [0.1, 0.15) is 18.2 Å². The summed E-state index contributed by atoms with van der Waals surface area (Å²) in [5, 5.41) is 15.1. The third kappa shape index (κ3) is 4.52. The van der Waals surface area contributed by atoms with Gasteiger partial charge in [-0.1, -0.05) is 81.6 Å². The molecule has 2 aliphatic carbocycles. The van der Waals surface area contributed by atoms with Crippen LogP contribution >= 0.6 is 0 Å². The van der Waals surface area contributed by atoms with E-state index in [1.807, 2.05) is 50.2 Å². The minimum Gasteiger partial charge on any atom is -0.480 e. The number of amides is 2. The van der Waals surface area contributed by atoms with Gasteiger partial charge in [0.05, 0.1) is 0 Å². The molecule has 3 N–H and O–H groups in total. The van der Waals surface area contributed by atoms with Gasteiger partial charge in [-0.15, -0.1) is 0 Å². The van der Waals surface area contributed by atoms with Crippen LogP contribution in [-0.2, 0) is 14.3 Å². The SMILES string of the molecule is CC[C@H](C)[C@H](NC(=O)OCC1c2ccccc2-c2ccccc21)C(=O)NC1(C(=O)O)CCCC1. The van der Waals surface area contributed by atoms with Crippen LogP contribution in [0.25, 0.3) is 11.1 Å². The topological polar surface area (TPSA) is 105 Å². The Labute approximate surface area is 199 Å². The number of nitrogens with one attached hydrogen (secondary N) is 2. The fraction of sp³-hybridized carbons (Fsp3) is 0.444. The van der Waals surface area contributed by atoms with Gasteiger partial charge in [0.2, 0.25) is 5.91 Å². The number of carbonyl (C=O) groups excluding carboxylic acids is 2. The van der Waals surface area contributed by atoms with E-state index < -0.39 is 29.6 Å². The van der Waals surface area contributed by atoms with Crippen LogP contribution < -0.4 is 10.6 Å². The number of benzene rings is 2. The van der Waals surface area contributed by atoms with Crippen LogP contribution in [-0.4, -0.2) is 41.3 Å². The lowest BCUT2D eigenvalue weighted by atomic mass is 9.94. The van der Waals surface area contributed by atoms with E-state index in [9.17, 15) is 19.5 Å². The first-order valence-electron chi connectivity index (χ1n) is 12.0. The Hall–Kier alpha value is -3.35. The molecule has 2 aromatic carbocycles. The van der Waals surface area contributed by atoms with Crippen molar-refractivity contribution in [1.82, 2.24) is 10.6 Å². The maximum atomic E-state index is 13.1. The molecule has 180 valence electrons. The van der Waals surface area contributed by atoms with E-state index in [1.165, 1.54) is 0 Å². The predicted octanol–water partition coefficient (Wildman–Crippen LogP) is 4.45. The maximum absolute atomic E-state index is 13.1. The standard InChI is InChI=1S/C27H32N2O5/c1-3-17(2)23(24(30)29-27(25(31)32)14-8-9-15-27)28-26(33)34-16-22-20-12-6-4-10-18(20)19-11-5-7-13-21(19)22/h4-7,10-13,17,22-23H,3,8-9,14-16H2,1-2H3,(H,28,33)(H,29,30)(H,31,32)/t17-,23-/m0/s1. The van der Waals surface area contributed by atoms with Crippen molar-refractivity contribution >= 4 is 18.0 Å². The van der Waals surface area contributed by atoms with Gasteiger partial charge in [-0.2, -0.15) is 0 Å². The average Bonchev–Trinajstić information content (AvgIpc) is 3.44. The van der Waals surface area contributed by atoms with Crippen molar-refractivity contribution in [2.45, 2.75) is 63.5 Å². The smallest absolute Gasteiger partial charge is 0.407 e. The Morgan fingerprint density at radius 2 is 1.59 bits per heavy atom. The molecule has 2 amide bonds. The summed E-state index contributed by atoms with van der Waals surface area (Å²) in [6.45, 7) is 3.93. The van der Waals surface area contributed by atoms with Gasteiger partial charge in [-0.3, -0.25) is 4.79 Å². The lowest BCUT2D eigenvalue weighted by Gasteiger charge is -2.30. The molecule has 0 spiro atoms. The first-order valence-corrected chi connectivity index (χ1v) is 12.0. The molecule has 0 saturated heterocycles. The summed E-state index contributed by atoms with van der Waals surface area (Å²) in [5.74, 6) is -1.77. The highest BCUT2D eigenvalue weighted by Gasteiger charge is 2.44. The molecular weight excluding hydrogens is 432 g/mol. The van der Waals surface area contributed by atoms with E-state index in [4.69, 9.17) is 4.74 Å². The summed E-state index contributed by atoms with van der Waals surface area (Å²) >= 11 is 0. The summed E-state index contributed by atoms with van der Waals surface area (Å²) < 4.78 is 5.61. The summed E-state index contributed by atoms with van der Waals surface area (Å²) in [6.07, 6.45) is 2.25. The minimum atomic E-state index is -1.26. The predicted molar refractivity (Wildman–Crippen MR) is 128 cm³/mol. The third-order valence-corrected chi connectivity index (χ3v) is 7.34. The lowest BCUT2D eigenvalue weighted by molar-refractivity contribution is -0.147. The molecule has 2 atom stereocenters. The molecule has 0 aliphatic heterocycles. The summed E-state index contributed by atoms with van der Waals surface area (Å²) in [7, 11) is 0. The number of aliphatic carboxylic acids is 1. The summed E-state index contributed by atoms with van der Waals surface area (Å²) in [4.78, 5) is 37.7. The summed E-state index contributed by atoms with van der Waals surface area (Å²) in [6, 6.07) is 15.3. The number of hydrogen-bond acceptors (Lipinski definition) is 4. The Balaban J connectivity index is 1.44. The van der Waals surface area contributed by atoms with Crippen molar-refractivity contribution in [3.8, 4) is 11.1 Å². The number of alkyl carbamates (subject to hydrolysis) is 1. The van der Waals surface area contributed by atoms with Gasteiger partial charge in [-0.25, -0.2) is 9.59 Å². The number of carbonyl (C=O) groups is 3. The zero-order chi connectivity index (χ0) is 24.3. The molecule has 0 unspecified atom stereocenters. The normalized spacial score (nSPS) is 17.8. The van der Waals surface area contributed by atoms with Gasteiger partial charge >= 0.3 is 12.1 Å².